The van der Waals surface area contributed by atoms with E-state index in [0.717, 1.165) is 36.1 Å². The van der Waals surface area contributed by atoms with Crippen LogP contribution < -0.4 is 5.32 Å². The first-order valence-electron chi connectivity index (χ1n) is 7.13. The number of carbonyl (C=O) groups is 1. The topological polar surface area (TPSA) is 55.1 Å². The van der Waals surface area contributed by atoms with Crippen molar-refractivity contribution in [3.63, 3.8) is 0 Å². The van der Waals surface area contributed by atoms with Gasteiger partial charge in [0.1, 0.15) is 11.6 Å². The van der Waals surface area contributed by atoms with Gasteiger partial charge in [0, 0.05) is 18.5 Å². The fourth-order valence-corrected chi connectivity index (χ4v) is 2.62. The molecule has 0 saturated carbocycles. The Morgan fingerprint density at radius 2 is 2.19 bits per heavy atom. The molecule has 1 aliphatic rings. The highest BCUT2D eigenvalue weighted by Gasteiger charge is 2.26. The fourth-order valence-electron chi connectivity index (χ4n) is 2.62. The number of rotatable bonds is 3. The zero-order valence-electron chi connectivity index (χ0n) is 11.9. The maximum absolute atomic E-state index is 12.8. The van der Waals surface area contributed by atoms with Crippen molar-refractivity contribution in [2.24, 2.45) is 5.92 Å². The molecule has 2 aromatic rings. The summed E-state index contributed by atoms with van der Waals surface area (Å²) in [4.78, 5) is 12.2. The standard InChI is InChI=1S/C16H17FN2O2/c1-10-2-7-14-13(8-10)15(19-21-14)16(20)18-9-11-3-5-12(17)6-4-11/h3-6,10H,2,7-9H2,1H3,(H,18,20)/t10-/m1/s1. The van der Waals surface area contributed by atoms with Gasteiger partial charge in [-0.15, -0.1) is 0 Å². The van der Waals surface area contributed by atoms with Crippen LogP contribution in [0.1, 0.15) is 40.7 Å². The van der Waals surface area contributed by atoms with Crippen LogP contribution in [0.3, 0.4) is 0 Å². The molecule has 1 aromatic heterocycles. The first kappa shape index (κ1) is 13.8. The van der Waals surface area contributed by atoms with Crippen molar-refractivity contribution in [3.05, 3.63) is 52.7 Å². The Bertz CT molecular complexity index is 649. The van der Waals surface area contributed by atoms with E-state index in [1.54, 1.807) is 12.1 Å². The molecule has 5 heteroatoms. The molecule has 0 spiro atoms. The van der Waals surface area contributed by atoms with Crippen LogP contribution in [0.15, 0.2) is 28.8 Å². The Balaban J connectivity index is 1.68. The fraction of sp³-hybridized carbons (Fsp3) is 0.375. The third-order valence-corrected chi connectivity index (χ3v) is 3.87. The van der Waals surface area contributed by atoms with E-state index in [0.29, 0.717) is 18.2 Å². The SMILES string of the molecule is C[C@@H]1CCc2onc(C(=O)NCc3ccc(F)cc3)c2C1. The average Bonchev–Trinajstić information content (AvgIpc) is 2.89. The summed E-state index contributed by atoms with van der Waals surface area (Å²) in [6.07, 6.45) is 2.74. The minimum absolute atomic E-state index is 0.238. The van der Waals surface area contributed by atoms with Crippen LogP contribution in [0.2, 0.25) is 0 Å². The van der Waals surface area contributed by atoms with Crippen LogP contribution in [0.25, 0.3) is 0 Å². The number of hydrogen-bond acceptors (Lipinski definition) is 3. The molecule has 1 N–H and O–H groups in total. The van der Waals surface area contributed by atoms with Crippen LogP contribution >= 0.6 is 0 Å². The van der Waals surface area contributed by atoms with Gasteiger partial charge in [-0.2, -0.15) is 0 Å². The van der Waals surface area contributed by atoms with Gasteiger partial charge in [-0.25, -0.2) is 4.39 Å². The number of fused-ring (bicyclic) bond motifs is 1. The summed E-state index contributed by atoms with van der Waals surface area (Å²) in [5.41, 5.74) is 2.17. The molecule has 110 valence electrons. The second-order valence-corrected chi connectivity index (χ2v) is 5.59. The Hall–Kier alpha value is -2.17. The lowest BCUT2D eigenvalue weighted by atomic mass is 9.88. The third kappa shape index (κ3) is 2.96. The van der Waals surface area contributed by atoms with Crippen molar-refractivity contribution in [3.8, 4) is 0 Å². The number of hydrogen-bond donors (Lipinski definition) is 1. The second-order valence-electron chi connectivity index (χ2n) is 5.59. The Kier molecular flexibility index (Phi) is 3.73. The molecule has 0 saturated heterocycles. The van der Waals surface area contributed by atoms with Gasteiger partial charge >= 0.3 is 0 Å². The summed E-state index contributed by atoms with van der Waals surface area (Å²) in [5.74, 6) is 0.851. The second kappa shape index (κ2) is 5.68. The predicted molar refractivity (Wildman–Crippen MR) is 75.3 cm³/mol. The Labute approximate surface area is 122 Å². The molecule has 3 rings (SSSR count). The molecular weight excluding hydrogens is 271 g/mol. The number of aromatic nitrogens is 1. The molecule has 1 aliphatic carbocycles. The predicted octanol–water partition coefficient (Wildman–Crippen LogP) is 2.87. The van der Waals surface area contributed by atoms with Crippen LogP contribution in [0.4, 0.5) is 4.39 Å². The van der Waals surface area contributed by atoms with Gasteiger partial charge in [-0.1, -0.05) is 24.2 Å². The zero-order chi connectivity index (χ0) is 14.8. The molecule has 0 radical (unpaired) electrons. The molecule has 4 nitrogen and oxygen atoms in total. The summed E-state index contributed by atoms with van der Waals surface area (Å²) in [5, 5.41) is 6.71. The van der Waals surface area contributed by atoms with E-state index in [1.807, 2.05) is 0 Å². The number of nitrogens with zero attached hydrogens (tertiary/aromatic N) is 1. The highest BCUT2D eigenvalue weighted by molar-refractivity contribution is 5.93. The van der Waals surface area contributed by atoms with Gasteiger partial charge < -0.3 is 9.84 Å². The maximum atomic E-state index is 12.8. The van der Waals surface area contributed by atoms with E-state index in [-0.39, 0.29) is 11.7 Å². The van der Waals surface area contributed by atoms with E-state index in [2.05, 4.69) is 17.4 Å². The van der Waals surface area contributed by atoms with Crippen LogP contribution in [-0.4, -0.2) is 11.1 Å². The summed E-state index contributed by atoms with van der Waals surface area (Å²) < 4.78 is 18.1. The van der Waals surface area contributed by atoms with Crippen molar-refractivity contribution in [2.75, 3.05) is 0 Å². The van der Waals surface area contributed by atoms with E-state index in [1.165, 1.54) is 12.1 Å². The van der Waals surface area contributed by atoms with Gasteiger partial charge in [-0.3, -0.25) is 4.79 Å². The van der Waals surface area contributed by atoms with Gasteiger partial charge in [0.25, 0.3) is 5.91 Å². The van der Waals surface area contributed by atoms with Crippen LogP contribution in [0.5, 0.6) is 0 Å². The average molecular weight is 288 g/mol. The van der Waals surface area contributed by atoms with E-state index in [4.69, 9.17) is 4.52 Å². The van der Waals surface area contributed by atoms with Crippen molar-refractivity contribution in [1.29, 1.82) is 0 Å². The first-order chi connectivity index (χ1) is 10.1. The van der Waals surface area contributed by atoms with Crippen LogP contribution in [-0.2, 0) is 19.4 Å². The Morgan fingerprint density at radius 1 is 1.43 bits per heavy atom. The van der Waals surface area contributed by atoms with Crippen molar-refractivity contribution < 1.29 is 13.7 Å². The van der Waals surface area contributed by atoms with Crippen LogP contribution in [0, 0.1) is 11.7 Å². The highest BCUT2D eigenvalue weighted by Crippen LogP contribution is 2.27. The zero-order valence-corrected chi connectivity index (χ0v) is 11.9. The quantitative estimate of drug-likeness (QED) is 0.945. The van der Waals surface area contributed by atoms with E-state index >= 15 is 0 Å². The lowest BCUT2D eigenvalue weighted by Gasteiger charge is -2.16. The number of halogens is 1. The molecule has 1 atom stereocenters. The Morgan fingerprint density at radius 3 is 2.95 bits per heavy atom. The largest absolute Gasteiger partial charge is 0.360 e. The monoisotopic (exact) mass is 288 g/mol. The number of nitrogens with one attached hydrogen (secondary N) is 1. The lowest BCUT2D eigenvalue weighted by Crippen LogP contribution is -2.25. The number of carbonyl (C=O) groups excluding carboxylic acids is 1. The molecule has 0 aliphatic heterocycles. The molecule has 1 heterocycles. The van der Waals surface area contributed by atoms with E-state index < -0.39 is 0 Å². The van der Waals surface area contributed by atoms with Gasteiger partial charge in [0.05, 0.1) is 0 Å². The first-order valence-corrected chi connectivity index (χ1v) is 7.13. The van der Waals surface area contributed by atoms with Crippen molar-refractivity contribution in [1.82, 2.24) is 10.5 Å². The maximum Gasteiger partial charge on any atom is 0.274 e. The normalized spacial score (nSPS) is 17.3. The van der Waals surface area contributed by atoms with Gasteiger partial charge in [0.15, 0.2) is 5.69 Å². The van der Waals surface area contributed by atoms with Crippen molar-refractivity contribution in [2.45, 2.75) is 32.7 Å². The molecule has 0 bridgehead atoms. The summed E-state index contributed by atoms with van der Waals surface area (Å²) in [6, 6.07) is 6.05. The molecule has 21 heavy (non-hydrogen) atoms. The summed E-state index contributed by atoms with van der Waals surface area (Å²) in [6.45, 7) is 2.51. The minimum Gasteiger partial charge on any atom is -0.360 e. The third-order valence-electron chi connectivity index (χ3n) is 3.87. The number of benzene rings is 1. The molecule has 0 fully saturated rings. The summed E-state index contributed by atoms with van der Waals surface area (Å²) >= 11 is 0. The smallest absolute Gasteiger partial charge is 0.274 e. The number of aryl methyl sites for hydroxylation is 1. The summed E-state index contributed by atoms with van der Waals surface area (Å²) in [7, 11) is 0. The van der Waals surface area contributed by atoms with Gasteiger partial charge in [0.2, 0.25) is 0 Å². The molecular formula is C16H17FN2O2. The molecule has 1 amide bonds. The highest BCUT2D eigenvalue weighted by atomic mass is 19.1. The lowest BCUT2D eigenvalue weighted by molar-refractivity contribution is 0.0941. The molecule has 0 unspecified atom stereocenters. The molecule has 1 aromatic carbocycles. The number of amides is 1. The minimum atomic E-state index is -0.287. The van der Waals surface area contributed by atoms with Crippen molar-refractivity contribution >= 4 is 5.91 Å². The van der Waals surface area contributed by atoms with Gasteiger partial charge in [-0.05, 0) is 36.5 Å². The van der Waals surface area contributed by atoms with E-state index in [9.17, 15) is 9.18 Å².